The minimum Gasteiger partial charge on any atom is -0.453 e. The molecule has 0 saturated carbocycles. The molecule has 1 amide bonds. The van der Waals surface area contributed by atoms with Crippen LogP contribution in [0.4, 0.5) is 5.69 Å². The van der Waals surface area contributed by atoms with Crippen LogP contribution in [0.5, 0.6) is 11.5 Å². The third kappa shape index (κ3) is 3.20. The van der Waals surface area contributed by atoms with Crippen LogP contribution >= 0.6 is 11.6 Å². The van der Waals surface area contributed by atoms with Gasteiger partial charge in [0.2, 0.25) is 0 Å². The fourth-order valence-electron chi connectivity index (χ4n) is 2.27. The SMILES string of the molecule is CN(C(=N)N)C(=O)c1cc2c(Cl)ccc(Oc3cncc(N)c3)c2[nH]1. The molecular formula is C16H15ClN6O2. The lowest BCUT2D eigenvalue weighted by molar-refractivity contribution is 0.0864. The predicted molar refractivity (Wildman–Crippen MR) is 96.0 cm³/mol. The Hall–Kier alpha value is -3.26. The molecule has 2 aromatic heterocycles. The lowest BCUT2D eigenvalue weighted by Crippen LogP contribution is -2.38. The van der Waals surface area contributed by atoms with Gasteiger partial charge in [-0.15, -0.1) is 0 Å². The molecule has 25 heavy (non-hydrogen) atoms. The number of aromatic nitrogens is 2. The van der Waals surface area contributed by atoms with Gasteiger partial charge in [0.25, 0.3) is 5.91 Å². The number of ether oxygens (including phenoxy) is 1. The van der Waals surface area contributed by atoms with E-state index >= 15 is 0 Å². The minimum absolute atomic E-state index is 0.233. The number of anilines is 1. The Morgan fingerprint density at radius 1 is 1.36 bits per heavy atom. The number of rotatable bonds is 3. The summed E-state index contributed by atoms with van der Waals surface area (Å²) in [5.41, 5.74) is 12.3. The first kappa shape index (κ1) is 16.6. The van der Waals surface area contributed by atoms with Gasteiger partial charge in [0.15, 0.2) is 11.7 Å². The van der Waals surface area contributed by atoms with E-state index in [9.17, 15) is 4.79 Å². The molecule has 0 unspecified atom stereocenters. The van der Waals surface area contributed by atoms with Gasteiger partial charge in [0.1, 0.15) is 11.4 Å². The zero-order valence-corrected chi connectivity index (χ0v) is 14.0. The maximum atomic E-state index is 12.3. The number of hydrogen-bond donors (Lipinski definition) is 4. The zero-order chi connectivity index (χ0) is 18.1. The Bertz CT molecular complexity index is 984. The highest BCUT2D eigenvalue weighted by molar-refractivity contribution is 6.35. The summed E-state index contributed by atoms with van der Waals surface area (Å²) in [7, 11) is 1.41. The topological polar surface area (TPSA) is 134 Å². The second kappa shape index (κ2) is 6.33. The fourth-order valence-corrected chi connectivity index (χ4v) is 2.48. The van der Waals surface area contributed by atoms with Crippen LogP contribution in [0, 0.1) is 5.41 Å². The summed E-state index contributed by atoms with van der Waals surface area (Å²) in [6, 6.07) is 6.55. The van der Waals surface area contributed by atoms with Crippen molar-refractivity contribution in [3.63, 3.8) is 0 Å². The summed E-state index contributed by atoms with van der Waals surface area (Å²) in [6.45, 7) is 0. The number of pyridine rings is 1. The second-order valence-corrected chi connectivity index (χ2v) is 5.73. The number of halogens is 1. The number of nitrogens with two attached hydrogens (primary N) is 2. The summed E-state index contributed by atoms with van der Waals surface area (Å²) in [5, 5.41) is 8.43. The summed E-state index contributed by atoms with van der Waals surface area (Å²) in [5.74, 6) is 0.0803. The highest BCUT2D eigenvalue weighted by Gasteiger charge is 2.19. The normalized spacial score (nSPS) is 10.6. The maximum Gasteiger partial charge on any atom is 0.276 e. The van der Waals surface area contributed by atoms with Gasteiger partial charge in [-0.25, -0.2) is 0 Å². The Labute approximate surface area is 147 Å². The molecule has 8 nitrogen and oxygen atoms in total. The van der Waals surface area contributed by atoms with Gasteiger partial charge < -0.3 is 21.2 Å². The number of amides is 1. The Kier molecular flexibility index (Phi) is 4.20. The molecule has 3 rings (SSSR count). The van der Waals surface area contributed by atoms with Crippen LogP contribution in [0.3, 0.4) is 0 Å². The van der Waals surface area contributed by atoms with Crippen molar-refractivity contribution in [2.75, 3.05) is 12.8 Å². The van der Waals surface area contributed by atoms with Crippen LogP contribution in [0.15, 0.2) is 36.7 Å². The first-order valence-corrected chi connectivity index (χ1v) is 7.56. The van der Waals surface area contributed by atoms with Crippen LogP contribution in [0.25, 0.3) is 10.9 Å². The molecule has 2 heterocycles. The van der Waals surface area contributed by atoms with Crippen molar-refractivity contribution < 1.29 is 9.53 Å². The number of benzene rings is 1. The van der Waals surface area contributed by atoms with E-state index in [-0.39, 0.29) is 11.7 Å². The number of guanidine groups is 1. The lowest BCUT2D eigenvalue weighted by atomic mass is 10.2. The molecule has 0 aliphatic heterocycles. The summed E-state index contributed by atoms with van der Waals surface area (Å²) >= 11 is 6.22. The molecular weight excluding hydrogens is 344 g/mol. The molecule has 0 bridgehead atoms. The van der Waals surface area contributed by atoms with Crippen LogP contribution < -0.4 is 16.2 Å². The highest BCUT2D eigenvalue weighted by Crippen LogP contribution is 2.34. The number of aromatic amines is 1. The number of carbonyl (C=O) groups excluding carboxylic acids is 1. The Morgan fingerprint density at radius 3 is 2.80 bits per heavy atom. The molecule has 3 aromatic rings. The van der Waals surface area contributed by atoms with Crippen LogP contribution in [-0.2, 0) is 0 Å². The van der Waals surface area contributed by atoms with Gasteiger partial charge in [-0.05, 0) is 18.2 Å². The van der Waals surface area contributed by atoms with E-state index < -0.39 is 5.91 Å². The number of carbonyl (C=O) groups is 1. The van der Waals surface area contributed by atoms with Crippen molar-refractivity contribution in [1.82, 2.24) is 14.9 Å². The molecule has 0 atom stereocenters. The van der Waals surface area contributed by atoms with Crippen molar-refractivity contribution >= 4 is 40.1 Å². The van der Waals surface area contributed by atoms with Crippen molar-refractivity contribution in [3.05, 3.63) is 47.4 Å². The predicted octanol–water partition coefficient (Wildman–Crippen LogP) is 2.56. The average molecular weight is 359 g/mol. The van der Waals surface area contributed by atoms with Gasteiger partial charge in [0.05, 0.1) is 28.6 Å². The van der Waals surface area contributed by atoms with E-state index in [1.807, 2.05) is 0 Å². The number of hydrogen-bond acceptors (Lipinski definition) is 5. The standard InChI is InChI=1S/C16H15ClN6O2/c1-23(16(19)20)15(24)12-5-10-11(17)2-3-13(14(10)22-12)25-9-4-8(18)6-21-7-9/h2-7,22H,18H2,1H3,(H3,19,20). The molecule has 0 radical (unpaired) electrons. The smallest absolute Gasteiger partial charge is 0.276 e. The van der Waals surface area contributed by atoms with Crippen LogP contribution in [0.2, 0.25) is 5.02 Å². The van der Waals surface area contributed by atoms with Crippen molar-refractivity contribution in [2.45, 2.75) is 0 Å². The van der Waals surface area contributed by atoms with Gasteiger partial charge >= 0.3 is 0 Å². The molecule has 6 N–H and O–H groups in total. The third-order valence-electron chi connectivity index (χ3n) is 3.56. The van der Waals surface area contributed by atoms with E-state index in [1.54, 1.807) is 24.3 Å². The van der Waals surface area contributed by atoms with Crippen LogP contribution in [0.1, 0.15) is 10.5 Å². The number of nitrogens with zero attached hydrogens (tertiary/aromatic N) is 2. The summed E-state index contributed by atoms with van der Waals surface area (Å²) in [6.07, 6.45) is 3.03. The molecule has 0 fully saturated rings. The number of nitrogen functional groups attached to an aromatic ring is 1. The van der Waals surface area contributed by atoms with Gasteiger partial charge in [0, 0.05) is 18.5 Å². The number of nitrogens with one attached hydrogen (secondary N) is 2. The summed E-state index contributed by atoms with van der Waals surface area (Å²) in [4.78, 5) is 20.3. The van der Waals surface area contributed by atoms with Gasteiger partial charge in [-0.2, -0.15) is 0 Å². The minimum atomic E-state index is -0.462. The first-order valence-electron chi connectivity index (χ1n) is 7.18. The zero-order valence-electron chi connectivity index (χ0n) is 13.2. The molecule has 0 saturated heterocycles. The molecule has 0 spiro atoms. The molecule has 128 valence electrons. The molecule has 0 aliphatic carbocycles. The van der Waals surface area contributed by atoms with E-state index in [4.69, 9.17) is 33.2 Å². The Balaban J connectivity index is 2.04. The molecule has 1 aromatic carbocycles. The molecule has 0 aliphatic rings. The van der Waals surface area contributed by atoms with Crippen LogP contribution in [-0.4, -0.2) is 33.8 Å². The monoisotopic (exact) mass is 358 g/mol. The average Bonchev–Trinajstić information content (AvgIpc) is 3.02. The third-order valence-corrected chi connectivity index (χ3v) is 3.89. The van der Waals surface area contributed by atoms with Gasteiger partial charge in [-0.1, -0.05) is 11.6 Å². The maximum absolute atomic E-state index is 12.3. The van der Waals surface area contributed by atoms with E-state index in [0.717, 1.165) is 4.90 Å². The number of H-pyrrole nitrogens is 1. The number of fused-ring (bicyclic) bond motifs is 1. The van der Waals surface area contributed by atoms with E-state index in [0.29, 0.717) is 33.1 Å². The second-order valence-electron chi connectivity index (χ2n) is 5.32. The van der Waals surface area contributed by atoms with Crippen molar-refractivity contribution in [1.29, 1.82) is 5.41 Å². The fraction of sp³-hybridized carbons (Fsp3) is 0.0625. The highest BCUT2D eigenvalue weighted by atomic mass is 35.5. The van der Waals surface area contributed by atoms with E-state index in [1.165, 1.54) is 19.4 Å². The van der Waals surface area contributed by atoms with Crippen molar-refractivity contribution in [2.24, 2.45) is 5.73 Å². The van der Waals surface area contributed by atoms with Crippen molar-refractivity contribution in [3.8, 4) is 11.5 Å². The Morgan fingerprint density at radius 2 is 2.12 bits per heavy atom. The first-order chi connectivity index (χ1) is 11.9. The largest absolute Gasteiger partial charge is 0.453 e. The molecule has 9 heteroatoms. The quantitative estimate of drug-likeness (QED) is 0.421. The summed E-state index contributed by atoms with van der Waals surface area (Å²) < 4.78 is 5.80. The van der Waals surface area contributed by atoms with Gasteiger partial charge in [-0.3, -0.25) is 20.1 Å². The lowest BCUT2D eigenvalue weighted by Gasteiger charge is -2.12. The van der Waals surface area contributed by atoms with E-state index in [2.05, 4.69) is 9.97 Å².